The summed E-state index contributed by atoms with van der Waals surface area (Å²) in [6.07, 6.45) is 0.356. The minimum Gasteiger partial charge on any atom is -0.388 e. The highest BCUT2D eigenvalue weighted by atomic mass is 19.3. The Kier molecular flexibility index (Phi) is 4.79. The van der Waals surface area contributed by atoms with E-state index in [2.05, 4.69) is 10.3 Å². The zero-order valence-electron chi connectivity index (χ0n) is 14.4. The van der Waals surface area contributed by atoms with Crippen LogP contribution >= 0.6 is 0 Å². The monoisotopic (exact) mass is 365 g/mol. The summed E-state index contributed by atoms with van der Waals surface area (Å²) in [5.41, 5.74) is -1.14. The molecular weight excluding hydrogens is 344 g/mol. The number of rotatable bonds is 4. The number of para-hydroxylation sites is 1. The Labute approximate surface area is 148 Å². The summed E-state index contributed by atoms with van der Waals surface area (Å²) in [5.74, 6) is -3.23. The van der Waals surface area contributed by atoms with Gasteiger partial charge in [-0.15, -0.1) is 0 Å². The number of nitrogens with zero attached hydrogens (tertiary/aromatic N) is 2. The molecule has 1 aliphatic carbocycles. The average Bonchev–Trinajstić information content (AvgIpc) is 2.63. The third kappa shape index (κ3) is 3.75. The third-order valence-corrected chi connectivity index (χ3v) is 4.99. The normalized spacial score (nSPS) is 19.8. The van der Waals surface area contributed by atoms with Crippen LogP contribution in [0.4, 0.5) is 8.78 Å². The number of aliphatic hydroxyl groups is 1. The summed E-state index contributed by atoms with van der Waals surface area (Å²) in [7, 11) is 0. The predicted octanol–water partition coefficient (Wildman–Crippen LogP) is 2.01. The van der Waals surface area contributed by atoms with Gasteiger partial charge < -0.3 is 10.4 Å². The van der Waals surface area contributed by atoms with E-state index in [1.54, 1.807) is 31.2 Å². The van der Waals surface area contributed by atoms with Crippen molar-refractivity contribution in [1.82, 2.24) is 14.9 Å². The Bertz CT molecular complexity index is 871. The van der Waals surface area contributed by atoms with Gasteiger partial charge in [0.15, 0.2) is 0 Å². The second-order valence-electron chi connectivity index (χ2n) is 6.95. The summed E-state index contributed by atoms with van der Waals surface area (Å²) in [5, 5.41) is 13.3. The summed E-state index contributed by atoms with van der Waals surface area (Å²) < 4.78 is 27.7. The molecule has 140 valence electrons. The molecule has 2 aromatic rings. The molecule has 1 aromatic heterocycles. The van der Waals surface area contributed by atoms with Crippen molar-refractivity contribution in [2.75, 3.05) is 6.54 Å². The van der Waals surface area contributed by atoms with E-state index in [4.69, 9.17) is 0 Å². The lowest BCUT2D eigenvalue weighted by molar-refractivity contribution is -0.128. The maximum absolute atomic E-state index is 13.2. The number of alkyl halides is 2. The van der Waals surface area contributed by atoms with Crippen molar-refractivity contribution in [3.05, 3.63) is 40.9 Å². The van der Waals surface area contributed by atoms with Gasteiger partial charge in [0, 0.05) is 19.4 Å². The van der Waals surface area contributed by atoms with E-state index in [-0.39, 0.29) is 24.9 Å². The van der Waals surface area contributed by atoms with Crippen LogP contribution in [0.25, 0.3) is 10.9 Å². The Morgan fingerprint density at radius 2 is 1.96 bits per heavy atom. The zero-order valence-corrected chi connectivity index (χ0v) is 14.4. The first kappa shape index (κ1) is 18.4. The van der Waals surface area contributed by atoms with Crippen molar-refractivity contribution in [2.45, 2.75) is 50.2 Å². The van der Waals surface area contributed by atoms with Gasteiger partial charge in [0.1, 0.15) is 6.04 Å². The first-order valence-electron chi connectivity index (χ1n) is 8.55. The lowest BCUT2D eigenvalue weighted by Gasteiger charge is -2.36. The van der Waals surface area contributed by atoms with E-state index in [0.717, 1.165) is 0 Å². The molecule has 1 heterocycles. The lowest BCUT2D eigenvalue weighted by atomic mass is 9.82. The van der Waals surface area contributed by atoms with Gasteiger partial charge in [-0.3, -0.25) is 14.2 Å². The second kappa shape index (κ2) is 6.75. The molecule has 1 aromatic carbocycles. The van der Waals surface area contributed by atoms with Gasteiger partial charge in [-0.25, -0.2) is 13.8 Å². The molecule has 0 bridgehead atoms. The summed E-state index contributed by atoms with van der Waals surface area (Å²) in [6.45, 7) is 1.42. The van der Waals surface area contributed by atoms with E-state index >= 15 is 0 Å². The molecule has 0 saturated heterocycles. The molecule has 0 aliphatic heterocycles. The third-order valence-electron chi connectivity index (χ3n) is 4.99. The molecule has 3 rings (SSSR count). The highest BCUT2D eigenvalue weighted by molar-refractivity contribution is 5.81. The van der Waals surface area contributed by atoms with Gasteiger partial charge in [-0.05, 0) is 31.9 Å². The number of aromatic nitrogens is 2. The van der Waals surface area contributed by atoms with Crippen LogP contribution in [0.2, 0.25) is 0 Å². The number of benzene rings is 1. The van der Waals surface area contributed by atoms with Crippen LogP contribution in [0.5, 0.6) is 0 Å². The van der Waals surface area contributed by atoms with E-state index in [1.807, 2.05) is 0 Å². The maximum atomic E-state index is 13.2. The highest BCUT2D eigenvalue weighted by Gasteiger charge is 2.42. The number of amides is 1. The van der Waals surface area contributed by atoms with Crippen molar-refractivity contribution < 1.29 is 18.7 Å². The van der Waals surface area contributed by atoms with Gasteiger partial charge in [-0.1, -0.05) is 12.1 Å². The van der Waals surface area contributed by atoms with Crippen LogP contribution < -0.4 is 10.9 Å². The quantitative estimate of drug-likeness (QED) is 0.868. The van der Waals surface area contributed by atoms with E-state index in [0.29, 0.717) is 10.9 Å². The van der Waals surface area contributed by atoms with Crippen LogP contribution in [0.3, 0.4) is 0 Å². The highest BCUT2D eigenvalue weighted by Crippen LogP contribution is 2.38. The molecule has 1 fully saturated rings. The lowest BCUT2D eigenvalue weighted by Crippen LogP contribution is -2.48. The zero-order chi connectivity index (χ0) is 18.9. The van der Waals surface area contributed by atoms with Crippen molar-refractivity contribution in [3.63, 3.8) is 0 Å². The van der Waals surface area contributed by atoms with Crippen molar-refractivity contribution in [2.24, 2.45) is 0 Å². The van der Waals surface area contributed by atoms with Crippen molar-refractivity contribution >= 4 is 16.8 Å². The first-order chi connectivity index (χ1) is 12.2. The maximum Gasteiger partial charge on any atom is 0.261 e. The molecule has 1 saturated carbocycles. The molecule has 0 spiro atoms. The van der Waals surface area contributed by atoms with Gasteiger partial charge >= 0.3 is 0 Å². The van der Waals surface area contributed by atoms with Crippen molar-refractivity contribution in [1.29, 1.82) is 0 Å². The molecule has 1 atom stereocenters. The number of fused-ring (bicyclic) bond motifs is 1. The van der Waals surface area contributed by atoms with Crippen LogP contribution in [-0.4, -0.2) is 38.6 Å². The van der Waals surface area contributed by atoms with E-state index in [9.17, 15) is 23.5 Å². The summed E-state index contributed by atoms with van der Waals surface area (Å²) in [6, 6.07) is 5.99. The Hall–Kier alpha value is -2.35. The predicted molar refractivity (Wildman–Crippen MR) is 92.1 cm³/mol. The van der Waals surface area contributed by atoms with Crippen LogP contribution in [0.15, 0.2) is 35.4 Å². The fourth-order valence-electron chi connectivity index (χ4n) is 3.14. The number of hydrogen-bond acceptors (Lipinski definition) is 4. The standard InChI is InChI=1S/C18H21F2N3O3/c1-12(23-11-22-14-5-3-2-4-13(14)16(23)25)15(24)21-10-17(26)6-8-18(19,20)9-7-17/h2-5,11-12,26H,6-10H2,1H3,(H,21,24). The smallest absolute Gasteiger partial charge is 0.261 e. The summed E-state index contributed by atoms with van der Waals surface area (Å²) >= 11 is 0. The minimum absolute atomic E-state index is 0.0772. The first-order valence-corrected chi connectivity index (χ1v) is 8.55. The Morgan fingerprint density at radius 3 is 2.65 bits per heavy atom. The fraction of sp³-hybridized carbons (Fsp3) is 0.500. The Balaban J connectivity index is 1.69. The largest absolute Gasteiger partial charge is 0.388 e. The molecule has 26 heavy (non-hydrogen) atoms. The van der Waals surface area contributed by atoms with Gasteiger partial charge in [0.05, 0.1) is 22.8 Å². The molecule has 0 radical (unpaired) electrons. The average molecular weight is 365 g/mol. The van der Waals surface area contributed by atoms with Gasteiger partial charge in [0.25, 0.3) is 5.56 Å². The van der Waals surface area contributed by atoms with Crippen molar-refractivity contribution in [3.8, 4) is 0 Å². The minimum atomic E-state index is -2.76. The molecule has 1 unspecified atom stereocenters. The van der Waals surface area contributed by atoms with Crippen LogP contribution in [0.1, 0.15) is 38.6 Å². The van der Waals surface area contributed by atoms with Gasteiger partial charge in [0.2, 0.25) is 11.8 Å². The van der Waals surface area contributed by atoms with Gasteiger partial charge in [-0.2, -0.15) is 0 Å². The number of hydrogen-bond donors (Lipinski definition) is 2. The second-order valence-corrected chi connectivity index (χ2v) is 6.95. The van der Waals surface area contributed by atoms with E-state index < -0.39 is 36.3 Å². The molecule has 8 heteroatoms. The van der Waals surface area contributed by atoms with Crippen LogP contribution in [0, 0.1) is 0 Å². The number of nitrogens with one attached hydrogen (secondary N) is 1. The molecule has 2 N–H and O–H groups in total. The fourth-order valence-corrected chi connectivity index (χ4v) is 3.14. The number of carbonyl (C=O) groups is 1. The van der Waals surface area contributed by atoms with Crippen LogP contribution in [-0.2, 0) is 4.79 Å². The topological polar surface area (TPSA) is 84.2 Å². The summed E-state index contributed by atoms with van der Waals surface area (Å²) in [4.78, 5) is 29.1. The van der Waals surface area contributed by atoms with E-state index in [1.165, 1.54) is 10.9 Å². The Morgan fingerprint density at radius 1 is 1.31 bits per heavy atom. The number of halogens is 2. The molecular formula is C18H21F2N3O3. The number of carbonyl (C=O) groups excluding carboxylic acids is 1. The SMILES string of the molecule is CC(C(=O)NCC1(O)CCC(F)(F)CC1)n1cnc2ccccc2c1=O. The molecule has 1 amide bonds. The molecule has 6 nitrogen and oxygen atoms in total. The molecule has 1 aliphatic rings.